The van der Waals surface area contributed by atoms with Crippen molar-refractivity contribution in [2.24, 2.45) is 5.92 Å². The van der Waals surface area contributed by atoms with E-state index >= 15 is 0 Å². The van der Waals surface area contributed by atoms with Gasteiger partial charge in [0.15, 0.2) is 17.6 Å². The maximum absolute atomic E-state index is 13.1. The molecule has 4 atom stereocenters. The number of likely N-dealkylation sites (tertiary alicyclic amines) is 1. The molecule has 2 bridgehead atoms. The molecule has 4 aromatic rings. The highest BCUT2D eigenvalue weighted by Gasteiger charge is 2.72. The molecule has 38 heavy (non-hydrogen) atoms. The normalized spacial score (nSPS) is 30.6. The fourth-order valence-electron chi connectivity index (χ4n) is 8.41. The maximum atomic E-state index is 13.1. The summed E-state index contributed by atoms with van der Waals surface area (Å²) in [5.41, 5.74) is 5.80. The van der Waals surface area contributed by atoms with E-state index in [4.69, 9.17) is 9.47 Å². The van der Waals surface area contributed by atoms with Gasteiger partial charge in [0.25, 0.3) is 0 Å². The lowest BCUT2D eigenvalue weighted by molar-refractivity contribution is -0.173. The number of nitrogens with one attached hydrogen (secondary N) is 1. The van der Waals surface area contributed by atoms with Crippen molar-refractivity contribution < 1.29 is 14.6 Å². The van der Waals surface area contributed by atoms with Crippen LogP contribution in [0.4, 0.5) is 0 Å². The molecule has 3 aliphatic carbocycles. The van der Waals surface area contributed by atoms with Crippen molar-refractivity contribution in [3.05, 3.63) is 94.7 Å². The summed E-state index contributed by atoms with van der Waals surface area (Å²) < 4.78 is 13.4. The topological polar surface area (TPSA) is 57.7 Å². The summed E-state index contributed by atoms with van der Waals surface area (Å²) in [6, 6.07) is 23.3. The highest BCUT2D eigenvalue weighted by Crippen LogP contribution is 2.69. The second-order valence-corrected chi connectivity index (χ2v) is 12.2. The van der Waals surface area contributed by atoms with Crippen molar-refractivity contribution in [1.29, 1.82) is 0 Å². The number of rotatable bonds is 5. The highest BCUT2D eigenvalue weighted by molar-refractivity contribution is 5.86. The number of aromatic amines is 1. The molecule has 5 heteroatoms. The second kappa shape index (κ2) is 7.43. The Labute approximate surface area is 222 Å². The van der Waals surface area contributed by atoms with Crippen LogP contribution in [0.25, 0.3) is 10.9 Å². The van der Waals surface area contributed by atoms with Gasteiger partial charge in [-0.05, 0) is 67.0 Å². The first kappa shape index (κ1) is 21.6. The number of nitrogens with zero attached hydrogens (tertiary/aromatic N) is 1. The lowest BCUT2D eigenvalue weighted by Crippen LogP contribution is -2.74. The molecular weight excluding hydrogens is 472 g/mol. The number of para-hydroxylation sites is 1. The van der Waals surface area contributed by atoms with Gasteiger partial charge in [0.1, 0.15) is 6.61 Å². The van der Waals surface area contributed by atoms with E-state index in [0.717, 1.165) is 60.1 Å². The van der Waals surface area contributed by atoms with E-state index in [1.165, 1.54) is 34.9 Å². The SMILES string of the molecule is O[C@@]12Cc3c([nH]c4ccccc34)C3Oc4c(OCc5ccccc5)ccc5c4[C@@]31CCN(CC1CC1)[C@@H]2C5. The van der Waals surface area contributed by atoms with Crippen LogP contribution in [0, 0.1) is 5.92 Å². The molecule has 3 heterocycles. The predicted molar refractivity (Wildman–Crippen MR) is 146 cm³/mol. The summed E-state index contributed by atoms with van der Waals surface area (Å²) in [6.45, 7) is 2.61. The van der Waals surface area contributed by atoms with Gasteiger partial charge in [0.05, 0.1) is 16.7 Å². The molecule has 5 aliphatic rings. The van der Waals surface area contributed by atoms with Crippen molar-refractivity contribution in [3.8, 4) is 11.5 Å². The zero-order chi connectivity index (χ0) is 25.1. The molecule has 2 aliphatic heterocycles. The number of benzene rings is 3. The quantitative estimate of drug-likeness (QED) is 0.380. The molecule has 2 fully saturated rings. The molecule has 192 valence electrons. The minimum atomic E-state index is -0.890. The standard InChI is InChI=1S/C33H32N2O3/c36-33-17-24-23-8-4-5-9-25(23)34-29(24)31-32(33)14-15-35(18-20-10-11-20)27(33)16-22-12-13-26(30(38-31)28(22)32)37-19-21-6-2-1-3-7-21/h1-9,12-13,20,27,31,34,36H,10-11,14-19H2/t27-,31?,32+,33-/m1/s1. The van der Waals surface area contributed by atoms with Crippen LogP contribution >= 0.6 is 0 Å². The number of aromatic nitrogens is 1. The lowest BCUT2D eigenvalue weighted by atomic mass is 9.49. The summed E-state index contributed by atoms with van der Waals surface area (Å²) >= 11 is 0. The van der Waals surface area contributed by atoms with Crippen LogP contribution < -0.4 is 9.47 Å². The van der Waals surface area contributed by atoms with Gasteiger partial charge >= 0.3 is 0 Å². The van der Waals surface area contributed by atoms with Gasteiger partial charge in [-0.3, -0.25) is 4.90 Å². The average Bonchev–Trinajstić information content (AvgIpc) is 3.58. The van der Waals surface area contributed by atoms with Crippen molar-refractivity contribution in [2.45, 2.75) is 61.9 Å². The Morgan fingerprint density at radius 3 is 2.74 bits per heavy atom. The van der Waals surface area contributed by atoms with Crippen molar-refractivity contribution in [2.75, 3.05) is 13.1 Å². The lowest BCUT2D eigenvalue weighted by Gasteiger charge is -2.62. The summed E-state index contributed by atoms with van der Waals surface area (Å²) in [7, 11) is 0. The summed E-state index contributed by atoms with van der Waals surface area (Å²) in [5.74, 6) is 2.43. The molecule has 9 rings (SSSR count). The third-order valence-corrected chi connectivity index (χ3v) is 10.3. The number of hydrogen-bond donors (Lipinski definition) is 2. The Morgan fingerprint density at radius 1 is 1.03 bits per heavy atom. The van der Waals surface area contributed by atoms with Crippen LogP contribution in [0.3, 0.4) is 0 Å². The van der Waals surface area contributed by atoms with Crippen LogP contribution in [0.15, 0.2) is 66.7 Å². The van der Waals surface area contributed by atoms with Gasteiger partial charge in [0.2, 0.25) is 0 Å². The smallest absolute Gasteiger partial charge is 0.166 e. The average molecular weight is 505 g/mol. The molecule has 0 radical (unpaired) electrons. The van der Waals surface area contributed by atoms with Gasteiger partial charge < -0.3 is 19.6 Å². The third kappa shape index (κ3) is 2.69. The molecule has 1 saturated carbocycles. The van der Waals surface area contributed by atoms with Gasteiger partial charge in [-0.25, -0.2) is 0 Å². The van der Waals surface area contributed by atoms with Gasteiger partial charge in [-0.1, -0.05) is 54.6 Å². The molecule has 3 aromatic carbocycles. The van der Waals surface area contributed by atoms with Crippen LogP contribution in [-0.4, -0.2) is 39.7 Å². The number of piperidine rings is 1. The molecule has 1 unspecified atom stereocenters. The van der Waals surface area contributed by atoms with Gasteiger partial charge in [0, 0.05) is 35.5 Å². The molecule has 1 saturated heterocycles. The molecule has 1 spiro atoms. The Hall–Kier alpha value is -3.28. The second-order valence-electron chi connectivity index (χ2n) is 12.2. The minimum absolute atomic E-state index is 0.0966. The van der Waals surface area contributed by atoms with Crippen molar-refractivity contribution in [1.82, 2.24) is 9.88 Å². The van der Waals surface area contributed by atoms with Crippen LogP contribution in [0.1, 0.15) is 53.3 Å². The maximum Gasteiger partial charge on any atom is 0.166 e. The first-order chi connectivity index (χ1) is 18.7. The van der Waals surface area contributed by atoms with Crippen molar-refractivity contribution >= 4 is 10.9 Å². The van der Waals surface area contributed by atoms with Gasteiger partial charge in [-0.2, -0.15) is 0 Å². The Balaban J connectivity index is 1.23. The zero-order valence-corrected chi connectivity index (χ0v) is 21.5. The van der Waals surface area contributed by atoms with E-state index in [-0.39, 0.29) is 12.1 Å². The monoisotopic (exact) mass is 504 g/mol. The summed E-state index contributed by atoms with van der Waals surface area (Å²) in [6.07, 6.45) is 4.83. The number of H-pyrrole nitrogens is 1. The van der Waals surface area contributed by atoms with Crippen molar-refractivity contribution in [3.63, 3.8) is 0 Å². The van der Waals surface area contributed by atoms with E-state index in [2.05, 4.69) is 58.4 Å². The first-order valence-corrected chi connectivity index (χ1v) is 14.2. The highest BCUT2D eigenvalue weighted by atomic mass is 16.5. The van der Waals surface area contributed by atoms with Crippen LogP contribution in [0.2, 0.25) is 0 Å². The predicted octanol–water partition coefficient (Wildman–Crippen LogP) is 5.45. The molecule has 0 amide bonds. The zero-order valence-electron chi connectivity index (χ0n) is 21.5. The molecule has 5 nitrogen and oxygen atoms in total. The number of ether oxygens (including phenoxy) is 2. The van der Waals surface area contributed by atoms with Gasteiger partial charge in [-0.15, -0.1) is 0 Å². The summed E-state index contributed by atoms with van der Waals surface area (Å²) in [4.78, 5) is 6.37. The Kier molecular flexibility index (Phi) is 4.23. The fraction of sp³-hybridized carbons (Fsp3) is 0.394. The molecule has 2 N–H and O–H groups in total. The minimum Gasteiger partial charge on any atom is -0.485 e. The first-order valence-electron chi connectivity index (χ1n) is 14.2. The Bertz CT molecular complexity index is 1590. The van der Waals surface area contributed by atoms with Crippen LogP contribution in [-0.2, 0) is 24.9 Å². The Morgan fingerprint density at radius 2 is 1.87 bits per heavy atom. The van der Waals surface area contributed by atoms with E-state index < -0.39 is 11.0 Å². The van der Waals surface area contributed by atoms with E-state index in [0.29, 0.717) is 13.0 Å². The van der Waals surface area contributed by atoms with Crippen LogP contribution in [0.5, 0.6) is 11.5 Å². The largest absolute Gasteiger partial charge is 0.485 e. The number of fused-ring (bicyclic) bond motifs is 4. The number of hydrogen-bond acceptors (Lipinski definition) is 4. The molecular formula is C33H32N2O3. The summed E-state index contributed by atoms with van der Waals surface area (Å²) in [5, 5.41) is 14.3. The molecule has 1 aromatic heterocycles. The van der Waals surface area contributed by atoms with E-state index in [1.54, 1.807) is 0 Å². The fourth-order valence-corrected chi connectivity index (χ4v) is 8.41. The van der Waals surface area contributed by atoms with E-state index in [9.17, 15) is 5.11 Å². The number of aliphatic hydroxyl groups is 1. The van der Waals surface area contributed by atoms with E-state index in [1.807, 2.05) is 18.2 Å². The third-order valence-electron chi connectivity index (χ3n) is 10.3.